The first-order valence-electron chi connectivity index (χ1n) is 7.73. The summed E-state index contributed by atoms with van der Waals surface area (Å²) in [6.45, 7) is 0. The number of aromatic amines is 1. The number of H-pyrrole nitrogens is 1. The predicted molar refractivity (Wildman–Crippen MR) is 95.9 cm³/mol. The summed E-state index contributed by atoms with van der Waals surface area (Å²) in [6, 6.07) is 17.0. The van der Waals surface area contributed by atoms with E-state index < -0.39 is 0 Å². The lowest BCUT2D eigenvalue weighted by Crippen LogP contribution is -2.11. The molecule has 0 bridgehead atoms. The molecule has 6 nitrogen and oxygen atoms in total. The molecule has 2 N–H and O–H groups in total. The first-order chi connectivity index (χ1) is 12.3. The van der Waals surface area contributed by atoms with Crippen molar-refractivity contribution in [2.75, 3.05) is 5.32 Å². The summed E-state index contributed by atoms with van der Waals surface area (Å²) in [4.78, 5) is 12.1. The van der Waals surface area contributed by atoms with Gasteiger partial charge in [0.15, 0.2) is 0 Å². The molecular formula is C19H14N4O2. The molecule has 0 unspecified atom stereocenters. The maximum Gasteiger partial charge on any atom is 0.294 e. The van der Waals surface area contributed by atoms with Crippen LogP contribution in [0.2, 0.25) is 0 Å². The van der Waals surface area contributed by atoms with Gasteiger partial charge in [-0.2, -0.15) is 5.10 Å². The highest BCUT2D eigenvalue weighted by atomic mass is 16.5. The standard InChI is InChI=1S/C19H14N4O2/c24-19(18-11-12-20-25-18)21-15-7-3-1-5-13(15)9-10-17-14-6-2-4-8-16(14)22-23-17/h1-12H,(H,21,24)(H,22,23)/b10-9+. The third-order valence-electron chi connectivity index (χ3n) is 3.79. The van der Waals surface area contributed by atoms with Crippen molar-refractivity contribution in [1.29, 1.82) is 0 Å². The van der Waals surface area contributed by atoms with E-state index >= 15 is 0 Å². The van der Waals surface area contributed by atoms with Gasteiger partial charge in [0, 0.05) is 17.1 Å². The minimum Gasteiger partial charge on any atom is -0.351 e. The average Bonchev–Trinajstić information content (AvgIpc) is 3.31. The summed E-state index contributed by atoms with van der Waals surface area (Å²) in [5.74, 6) is -0.180. The molecule has 0 aliphatic rings. The molecule has 0 saturated carbocycles. The zero-order chi connectivity index (χ0) is 17.1. The smallest absolute Gasteiger partial charge is 0.294 e. The van der Waals surface area contributed by atoms with E-state index in [0.29, 0.717) is 5.69 Å². The van der Waals surface area contributed by atoms with Gasteiger partial charge in [-0.05, 0) is 23.8 Å². The van der Waals surface area contributed by atoms with Crippen molar-refractivity contribution < 1.29 is 9.32 Å². The summed E-state index contributed by atoms with van der Waals surface area (Å²) >= 11 is 0. The van der Waals surface area contributed by atoms with Crippen LogP contribution in [0.1, 0.15) is 21.8 Å². The van der Waals surface area contributed by atoms with Gasteiger partial charge < -0.3 is 9.84 Å². The minimum absolute atomic E-state index is 0.164. The second-order valence-electron chi connectivity index (χ2n) is 5.41. The molecule has 0 atom stereocenters. The van der Waals surface area contributed by atoms with Gasteiger partial charge in [-0.1, -0.05) is 47.6 Å². The molecule has 25 heavy (non-hydrogen) atoms. The third-order valence-corrected chi connectivity index (χ3v) is 3.79. The molecule has 0 radical (unpaired) electrons. The molecule has 0 aliphatic heterocycles. The second-order valence-corrected chi connectivity index (χ2v) is 5.41. The fourth-order valence-electron chi connectivity index (χ4n) is 2.55. The second kappa shape index (κ2) is 6.45. The highest BCUT2D eigenvalue weighted by Gasteiger charge is 2.11. The highest BCUT2D eigenvalue weighted by molar-refractivity contribution is 6.03. The van der Waals surface area contributed by atoms with E-state index in [1.54, 1.807) is 0 Å². The molecule has 0 spiro atoms. The molecule has 2 heterocycles. The maximum absolute atomic E-state index is 12.1. The van der Waals surface area contributed by atoms with E-state index in [9.17, 15) is 4.79 Å². The number of nitrogens with one attached hydrogen (secondary N) is 2. The molecule has 0 fully saturated rings. The van der Waals surface area contributed by atoms with Crippen LogP contribution < -0.4 is 5.32 Å². The van der Waals surface area contributed by atoms with Crippen LogP contribution in [0.5, 0.6) is 0 Å². The first-order valence-corrected chi connectivity index (χ1v) is 7.73. The molecule has 2 aromatic heterocycles. The number of aromatic nitrogens is 3. The Kier molecular flexibility index (Phi) is 3.84. The largest absolute Gasteiger partial charge is 0.351 e. The maximum atomic E-state index is 12.1. The molecule has 4 rings (SSSR count). The Morgan fingerprint density at radius 1 is 1.04 bits per heavy atom. The Hall–Kier alpha value is -3.67. The Bertz CT molecular complexity index is 1050. The quantitative estimate of drug-likeness (QED) is 0.593. The number of para-hydroxylation sites is 2. The van der Waals surface area contributed by atoms with Gasteiger partial charge in [-0.25, -0.2) is 0 Å². The SMILES string of the molecule is O=C(Nc1ccccc1/C=C/c1n[nH]c2ccccc12)c1ccno1. The normalized spacial score (nSPS) is 11.2. The predicted octanol–water partition coefficient (Wildman–Crippen LogP) is 3.97. The van der Waals surface area contributed by atoms with E-state index in [2.05, 4.69) is 20.7 Å². The van der Waals surface area contributed by atoms with E-state index in [1.165, 1.54) is 12.3 Å². The van der Waals surface area contributed by atoms with Crippen molar-refractivity contribution in [2.24, 2.45) is 0 Å². The van der Waals surface area contributed by atoms with E-state index in [-0.39, 0.29) is 11.7 Å². The summed E-state index contributed by atoms with van der Waals surface area (Å²) in [6.07, 6.45) is 5.26. The van der Waals surface area contributed by atoms with Crippen molar-refractivity contribution in [2.45, 2.75) is 0 Å². The van der Waals surface area contributed by atoms with Crippen LogP contribution in [0.4, 0.5) is 5.69 Å². The van der Waals surface area contributed by atoms with Gasteiger partial charge in [0.05, 0.1) is 17.4 Å². The fraction of sp³-hybridized carbons (Fsp3) is 0. The number of benzene rings is 2. The van der Waals surface area contributed by atoms with Gasteiger partial charge in [-0.3, -0.25) is 9.89 Å². The molecule has 0 aliphatic carbocycles. The van der Waals surface area contributed by atoms with Crippen LogP contribution in [0.15, 0.2) is 65.3 Å². The van der Waals surface area contributed by atoms with E-state index in [1.807, 2.05) is 60.7 Å². The number of amides is 1. The molecule has 4 aromatic rings. The molecule has 0 saturated heterocycles. The molecule has 6 heteroatoms. The first kappa shape index (κ1) is 14.9. The molecule has 122 valence electrons. The monoisotopic (exact) mass is 330 g/mol. The number of hydrogen-bond acceptors (Lipinski definition) is 4. The van der Waals surface area contributed by atoms with Gasteiger partial charge >= 0.3 is 0 Å². The van der Waals surface area contributed by atoms with Crippen molar-refractivity contribution in [3.8, 4) is 0 Å². The third kappa shape index (κ3) is 3.05. The lowest BCUT2D eigenvalue weighted by atomic mass is 10.1. The molecular weight excluding hydrogens is 316 g/mol. The van der Waals surface area contributed by atoms with Gasteiger partial charge in [0.2, 0.25) is 5.76 Å². The molecule has 1 amide bonds. The highest BCUT2D eigenvalue weighted by Crippen LogP contribution is 2.21. The van der Waals surface area contributed by atoms with Crippen LogP contribution in [0.25, 0.3) is 23.1 Å². The van der Waals surface area contributed by atoms with Gasteiger partial charge in [0.1, 0.15) is 0 Å². The van der Waals surface area contributed by atoms with Gasteiger partial charge in [-0.15, -0.1) is 0 Å². The number of anilines is 1. The topological polar surface area (TPSA) is 83.8 Å². The van der Waals surface area contributed by atoms with Crippen molar-refractivity contribution in [3.63, 3.8) is 0 Å². The number of nitrogens with zero attached hydrogens (tertiary/aromatic N) is 2. The fourth-order valence-corrected chi connectivity index (χ4v) is 2.55. The van der Waals surface area contributed by atoms with E-state index in [4.69, 9.17) is 4.52 Å². The summed E-state index contributed by atoms with van der Waals surface area (Å²) in [5.41, 5.74) is 3.36. The Morgan fingerprint density at radius 3 is 2.76 bits per heavy atom. The van der Waals surface area contributed by atoms with Crippen molar-refractivity contribution >= 4 is 34.6 Å². The van der Waals surface area contributed by atoms with Crippen LogP contribution in [0.3, 0.4) is 0 Å². The van der Waals surface area contributed by atoms with Crippen molar-refractivity contribution in [3.05, 3.63) is 77.8 Å². The number of carbonyl (C=O) groups excluding carboxylic acids is 1. The lowest BCUT2D eigenvalue weighted by Gasteiger charge is -2.06. The van der Waals surface area contributed by atoms with Gasteiger partial charge in [0.25, 0.3) is 5.91 Å². The summed E-state index contributed by atoms with van der Waals surface area (Å²) in [7, 11) is 0. The summed E-state index contributed by atoms with van der Waals surface area (Å²) in [5, 5.41) is 14.7. The Labute approximate surface area is 143 Å². The zero-order valence-corrected chi connectivity index (χ0v) is 13.1. The Balaban J connectivity index is 1.61. The number of fused-ring (bicyclic) bond motifs is 1. The number of hydrogen-bond donors (Lipinski definition) is 2. The van der Waals surface area contributed by atoms with Crippen LogP contribution in [0, 0.1) is 0 Å². The van der Waals surface area contributed by atoms with Crippen LogP contribution in [-0.4, -0.2) is 21.3 Å². The van der Waals surface area contributed by atoms with E-state index in [0.717, 1.165) is 22.2 Å². The molecule has 2 aromatic carbocycles. The minimum atomic E-state index is -0.344. The Morgan fingerprint density at radius 2 is 1.88 bits per heavy atom. The van der Waals surface area contributed by atoms with Crippen LogP contribution >= 0.6 is 0 Å². The van der Waals surface area contributed by atoms with Crippen LogP contribution in [-0.2, 0) is 0 Å². The summed E-state index contributed by atoms with van der Waals surface area (Å²) < 4.78 is 4.88. The van der Waals surface area contributed by atoms with Crippen molar-refractivity contribution in [1.82, 2.24) is 15.4 Å². The average molecular weight is 330 g/mol. The lowest BCUT2D eigenvalue weighted by molar-refractivity contribution is 0.0988. The number of carbonyl (C=O) groups is 1. The zero-order valence-electron chi connectivity index (χ0n) is 13.1. The number of rotatable bonds is 4.